The Bertz CT molecular complexity index is 3620. The van der Waals surface area contributed by atoms with Crippen LogP contribution in [0.4, 0.5) is 28.4 Å². The smallest absolute Gasteiger partial charge is 0.198 e. The van der Waals surface area contributed by atoms with Gasteiger partial charge in [-0.3, -0.25) is 0 Å². The quantitative estimate of drug-likeness (QED) is 0.174. The Morgan fingerprint density at radius 1 is 0.385 bits per heavy atom. The van der Waals surface area contributed by atoms with Gasteiger partial charge >= 0.3 is 0 Å². The molecule has 2 nitrogen and oxygen atoms in total. The van der Waals surface area contributed by atoms with Gasteiger partial charge in [0.25, 0.3) is 0 Å². The summed E-state index contributed by atoms with van der Waals surface area (Å²) in [6.07, 6.45) is 0. The van der Waals surface area contributed by atoms with E-state index < -0.39 is 18.1 Å². The number of para-hydroxylation sites is 4. The third-order valence-corrected chi connectivity index (χ3v) is 24.0. The van der Waals surface area contributed by atoms with Crippen LogP contribution in [0.25, 0.3) is 44.5 Å². The molecule has 10 aromatic rings. The van der Waals surface area contributed by atoms with Gasteiger partial charge in [-0.15, -0.1) is 10.0 Å². The van der Waals surface area contributed by atoms with E-state index in [9.17, 15) is 0 Å². The average Bonchev–Trinajstić information content (AvgIpc) is 3.83. The molecule has 0 atom stereocenters. The minimum Gasteiger partial charge on any atom is -0.355 e. The first kappa shape index (κ1) is 35.8. The number of benzene rings is 10. The predicted molar refractivity (Wildman–Crippen MR) is 277 cm³/mol. The Labute approximate surface area is 382 Å². The Kier molecular flexibility index (Phi) is 7.18. The number of rotatable bonds is 2. The van der Waals surface area contributed by atoms with Crippen molar-refractivity contribution in [2.75, 3.05) is 10.2 Å². The first-order chi connectivity index (χ1) is 32.3. The van der Waals surface area contributed by atoms with Gasteiger partial charge in [0, 0.05) is 42.2 Å². The summed E-state index contributed by atoms with van der Waals surface area (Å²) in [5.41, 5.74) is 19.5. The van der Waals surface area contributed by atoms with E-state index in [0.29, 0.717) is 0 Å². The van der Waals surface area contributed by atoms with Crippen molar-refractivity contribution >= 4 is 85.5 Å². The molecule has 15 rings (SSSR count). The summed E-state index contributed by atoms with van der Waals surface area (Å²) in [4.78, 5) is 8.39. The van der Waals surface area contributed by atoms with E-state index >= 15 is 0 Å². The molecule has 65 heavy (non-hydrogen) atoms. The molecule has 5 aliphatic rings. The molecular formula is C60H39BN2SSi. The molecule has 0 bridgehead atoms. The molecular weight excluding hydrogens is 820 g/mol. The molecule has 5 heteroatoms. The van der Waals surface area contributed by atoms with Crippen LogP contribution in [0.2, 0.25) is 0 Å². The lowest BCUT2D eigenvalue weighted by atomic mass is 9.58. The Morgan fingerprint density at radius 2 is 0.938 bits per heavy atom. The molecule has 0 aromatic heterocycles. The summed E-state index contributed by atoms with van der Waals surface area (Å²) in [6, 6.07) is 85.8. The highest BCUT2D eigenvalue weighted by Gasteiger charge is 2.53. The van der Waals surface area contributed by atoms with Crippen LogP contribution >= 0.6 is 10.0 Å². The molecule has 0 amide bonds. The molecule has 10 aromatic carbocycles. The standard InChI is InChI=1S/C60H39BN2SSi/c1-2-18-38(19-3-1)39-36-45(44-24-16-35-57-59(44)62-47-26-8-15-34-56(47)65(57)54-32-13-6-22-42(54)43-23-7-14-33-55(43)65)58-49(37-39)63-48-27-9-12-30-52(48)64(53-31-17-25-46(61-58)60(53)63)50-28-10-4-20-40(50)41-21-5-11-29-51(41)64/h1-37,61-62H. The number of nitrogens with one attached hydrogen (secondary N) is 1. The number of fused-ring (bicyclic) bond motifs is 20. The van der Waals surface area contributed by atoms with Crippen molar-refractivity contribution in [1.82, 2.24) is 0 Å². The summed E-state index contributed by atoms with van der Waals surface area (Å²) in [6.45, 7) is 0. The van der Waals surface area contributed by atoms with Crippen molar-refractivity contribution in [3.63, 3.8) is 0 Å². The number of hydrogen-bond donors (Lipinski definition) is 1. The monoisotopic (exact) mass is 858 g/mol. The zero-order valence-electron chi connectivity index (χ0n) is 35.4. The van der Waals surface area contributed by atoms with Crippen molar-refractivity contribution in [3.05, 3.63) is 224 Å². The Morgan fingerprint density at radius 3 is 1.68 bits per heavy atom. The number of nitrogens with zero attached hydrogens (tertiary/aromatic N) is 1. The lowest BCUT2D eigenvalue weighted by Gasteiger charge is -2.50. The van der Waals surface area contributed by atoms with Crippen LogP contribution in [0.1, 0.15) is 0 Å². The fraction of sp³-hybridized carbons (Fsp3) is 0. The summed E-state index contributed by atoms with van der Waals surface area (Å²) in [7, 11) is -3.73. The van der Waals surface area contributed by atoms with E-state index in [1.807, 2.05) is 0 Å². The van der Waals surface area contributed by atoms with Crippen molar-refractivity contribution in [2.45, 2.75) is 19.6 Å². The van der Waals surface area contributed by atoms with Gasteiger partial charge in [-0.05, 0) is 114 Å². The van der Waals surface area contributed by atoms with Gasteiger partial charge in [-0.25, -0.2) is 0 Å². The topological polar surface area (TPSA) is 15.3 Å². The minimum absolute atomic E-state index is 0.828. The normalized spacial score (nSPS) is 15.4. The van der Waals surface area contributed by atoms with Gasteiger partial charge in [-0.1, -0.05) is 181 Å². The van der Waals surface area contributed by atoms with Gasteiger partial charge in [0.2, 0.25) is 0 Å². The van der Waals surface area contributed by atoms with Crippen molar-refractivity contribution in [1.29, 1.82) is 0 Å². The molecule has 0 unspecified atom stereocenters. The molecule has 5 heterocycles. The zero-order chi connectivity index (χ0) is 42.4. The van der Waals surface area contributed by atoms with Crippen LogP contribution in [0.5, 0.6) is 0 Å². The van der Waals surface area contributed by atoms with Gasteiger partial charge in [0.1, 0.15) is 0 Å². The highest BCUT2D eigenvalue weighted by Crippen LogP contribution is 2.84. The highest BCUT2D eigenvalue weighted by atomic mass is 32.3. The van der Waals surface area contributed by atoms with E-state index in [-0.39, 0.29) is 0 Å². The van der Waals surface area contributed by atoms with Crippen LogP contribution < -0.4 is 41.9 Å². The van der Waals surface area contributed by atoms with Crippen molar-refractivity contribution in [2.24, 2.45) is 0 Å². The van der Waals surface area contributed by atoms with Gasteiger partial charge in [0.05, 0.1) is 11.4 Å². The molecule has 5 aliphatic heterocycles. The van der Waals surface area contributed by atoms with E-state index in [0.717, 1.165) is 7.28 Å². The first-order valence-corrected chi connectivity index (χ1v) is 26.3. The third-order valence-electron chi connectivity index (χ3n) is 15.0. The van der Waals surface area contributed by atoms with Crippen LogP contribution in [0, 0.1) is 0 Å². The van der Waals surface area contributed by atoms with E-state index in [1.165, 1.54) is 124 Å². The van der Waals surface area contributed by atoms with E-state index in [1.54, 1.807) is 0 Å². The SMILES string of the molecule is B1c2cccc3c2N(c2ccccc2S32c3ccccc3-c3ccccc32)c2cc(-c3ccccc3)cc(-c3cccc4c3Nc3ccccc3[Si]43c4ccccc4-c4ccccc43)c21. The van der Waals surface area contributed by atoms with Crippen molar-refractivity contribution in [3.8, 4) is 44.5 Å². The van der Waals surface area contributed by atoms with E-state index in [4.69, 9.17) is 0 Å². The maximum Gasteiger partial charge on any atom is 0.198 e. The van der Waals surface area contributed by atoms with Crippen LogP contribution in [0.3, 0.4) is 0 Å². The highest BCUT2D eigenvalue weighted by molar-refractivity contribution is 8.34. The lowest BCUT2D eigenvalue weighted by molar-refractivity contribution is 1.14. The largest absolute Gasteiger partial charge is 0.355 e. The summed E-state index contributed by atoms with van der Waals surface area (Å²) in [5, 5.41) is 9.96. The molecule has 0 saturated carbocycles. The zero-order valence-corrected chi connectivity index (χ0v) is 37.2. The molecule has 302 valence electrons. The Hall–Kier alpha value is -7.57. The average molecular weight is 859 g/mol. The van der Waals surface area contributed by atoms with Crippen LogP contribution in [0.15, 0.2) is 244 Å². The van der Waals surface area contributed by atoms with Crippen LogP contribution in [-0.2, 0) is 0 Å². The summed E-state index contributed by atoms with van der Waals surface area (Å²) in [5.74, 6) is 0. The second-order valence-electron chi connectivity index (χ2n) is 18.0. The van der Waals surface area contributed by atoms with Gasteiger partial charge < -0.3 is 10.2 Å². The fourth-order valence-electron chi connectivity index (χ4n) is 12.6. The molecule has 2 spiro atoms. The molecule has 0 aliphatic carbocycles. The maximum absolute atomic E-state index is 4.14. The Balaban J connectivity index is 1.03. The maximum atomic E-state index is 4.14. The fourth-order valence-corrected chi connectivity index (χ4v) is 22.7. The van der Waals surface area contributed by atoms with Crippen molar-refractivity contribution < 1.29 is 0 Å². The molecule has 0 fully saturated rings. The minimum atomic E-state index is -2.75. The molecule has 0 saturated heterocycles. The van der Waals surface area contributed by atoms with Gasteiger partial charge in [-0.2, -0.15) is 0 Å². The second kappa shape index (κ2) is 13.0. The van der Waals surface area contributed by atoms with Gasteiger partial charge in [0.15, 0.2) is 15.4 Å². The predicted octanol–water partition coefficient (Wildman–Crippen LogP) is 11.2. The second-order valence-corrected chi connectivity index (χ2v) is 24.6. The molecule has 1 N–H and O–H groups in total. The first-order valence-electron chi connectivity index (χ1n) is 22.7. The molecule has 0 radical (unpaired) electrons. The number of anilines is 5. The lowest BCUT2D eigenvalue weighted by Crippen LogP contribution is -2.74. The number of hydrogen-bond acceptors (Lipinski definition) is 2. The summed E-state index contributed by atoms with van der Waals surface area (Å²) >= 11 is 0. The van der Waals surface area contributed by atoms with Crippen LogP contribution in [-0.4, -0.2) is 15.4 Å². The van der Waals surface area contributed by atoms with E-state index in [2.05, 4.69) is 235 Å². The third kappa shape index (κ3) is 4.42. The summed E-state index contributed by atoms with van der Waals surface area (Å²) < 4.78 is 0.